The summed E-state index contributed by atoms with van der Waals surface area (Å²) in [7, 11) is 0. The van der Waals surface area contributed by atoms with Crippen LogP contribution in [0.5, 0.6) is 0 Å². The van der Waals surface area contributed by atoms with Crippen molar-refractivity contribution in [3.8, 4) is 11.1 Å². The lowest BCUT2D eigenvalue weighted by Crippen LogP contribution is -2.03. The normalized spacial score (nSPS) is 11.5. The lowest BCUT2D eigenvalue weighted by atomic mass is 9.97. The van der Waals surface area contributed by atoms with E-state index in [1.165, 1.54) is 56.9 Å². The summed E-state index contributed by atoms with van der Waals surface area (Å²) in [6.45, 7) is 4.43. The molecule has 190 valence electrons. The molecule has 0 unspecified atom stereocenters. The van der Waals surface area contributed by atoms with Crippen LogP contribution >= 0.6 is 0 Å². The van der Waals surface area contributed by atoms with Gasteiger partial charge in [-0.15, -0.1) is 0 Å². The molecule has 3 heteroatoms. The molecular formula is C33H39FO2. The van der Waals surface area contributed by atoms with E-state index in [-0.39, 0.29) is 5.58 Å². The van der Waals surface area contributed by atoms with Gasteiger partial charge in [-0.3, -0.25) is 0 Å². The van der Waals surface area contributed by atoms with Crippen molar-refractivity contribution in [3.05, 3.63) is 82.0 Å². The Morgan fingerprint density at radius 1 is 0.639 bits per heavy atom. The molecule has 1 aromatic heterocycles. The van der Waals surface area contributed by atoms with Crippen molar-refractivity contribution in [2.45, 2.75) is 90.9 Å². The molecule has 4 aromatic rings. The largest absolute Gasteiger partial charge is 0.419 e. The molecule has 0 fully saturated rings. The molecule has 0 saturated heterocycles. The smallest absolute Gasteiger partial charge is 0.344 e. The number of fused-ring (bicyclic) bond motifs is 3. The van der Waals surface area contributed by atoms with Gasteiger partial charge in [-0.2, -0.15) is 0 Å². The van der Waals surface area contributed by atoms with E-state index in [9.17, 15) is 4.79 Å². The summed E-state index contributed by atoms with van der Waals surface area (Å²) in [4.78, 5) is 12.9. The second-order valence-electron chi connectivity index (χ2n) is 10.1. The zero-order valence-corrected chi connectivity index (χ0v) is 21.9. The number of hydrogen-bond donors (Lipinski definition) is 0. The molecule has 0 N–H and O–H groups in total. The van der Waals surface area contributed by atoms with Crippen LogP contribution in [0, 0.1) is 5.82 Å². The lowest BCUT2D eigenvalue weighted by molar-refractivity contribution is 0.521. The van der Waals surface area contributed by atoms with Crippen LogP contribution in [-0.4, -0.2) is 0 Å². The van der Waals surface area contributed by atoms with Crippen LogP contribution in [0.15, 0.2) is 63.8 Å². The Balaban J connectivity index is 1.54. The molecule has 0 saturated carbocycles. The molecule has 0 bridgehead atoms. The fraction of sp³-hybridized carbons (Fsp3) is 0.424. The van der Waals surface area contributed by atoms with Crippen molar-refractivity contribution in [2.24, 2.45) is 0 Å². The second kappa shape index (κ2) is 12.9. The summed E-state index contributed by atoms with van der Waals surface area (Å²) in [5.41, 5.74) is 3.60. The Morgan fingerprint density at radius 2 is 1.25 bits per heavy atom. The first-order valence-corrected chi connectivity index (χ1v) is 13.9. The molecule has 0 radical (unpaired) electrons. The fourth-order valence-corrected chi connectivity index (χ4v) is 5.09. The van der Waals surface area contributed by atoms with Crippen LogP contribution in [0.1, 0.15) is 89.2 Å². The fourth-order valence-electron chi connectivity index (χ4n) is 5.09. The van der Waals surface area contributed by atoms with Crippen LogP contribution in [-0.2, 0) is 12.8 Å². The predicted molar refractivity (Wildman–Crippen MR) is 150 cm³/mol. The van der Waals surface area contributed by atoms with E-state index in [1.807, 2.05) is 30.3 Å². The van der Waals surface area contributed by atoms with Crippen molar-refractivity contribution in [1.29, 1.82) is 0 Å². The van der Waals surface area contributed by atoms with E-state index in [1.54, 1.807) is 0 Å². The highest BCUT2D eigenvalue weighted by Crippen LogP contribution is 2.30. The molecule has 4 rings (SSSR count). The Labute approximate surface area is 214 Å². The third kappa shape index (κ3) is 6.24. The number of unbranched alkanes of at least 4 members (excludes halogenated alkanes) is 8. The standard InChI is InChI=1S/C33H39FO2/c1-3-5-7-9-10-12-14-26-19-22-29-28-21-20-27(23-30(28)33(35)36-32(29)31(26)34)25-17-15-24(16-18-25)13-11-8-6-4-2/h15-23H,3-14H2,1-2H3. The molecule has 0 atom stereocenters. The van der Waals surface area contributed by atoms with Crippen LogP contribution in [0.4, 0.5) is 4.39 Å². The molecular weight excluding hydrogens is 447 g/mol. The van der Waals surface area contributed by atoms with E-state index in [2.05, 4.69) is 38.1 Å². The van der Waals surface area contributed by atoms with Crippen molar-refractivity contribution in [2.75, 3.05) is 0 Å². The van der Waals surface area contributed by atoms with Crippen LogP contribution in [0.25, 0.3) is 32.9 Å². The maximum Gasteiger partial charge on any atom is 0.344 e. The van der Waals surface area contributed by atoms with Crippen molar-refractivity contribution in [3.63, 3.8) is 0 Å². The van der Waals surface area contributed by atoms with Gasteiger partial charge >= 0.3 is 5.63 Å². The molecule has 0 aliphatic carbocycles. The van der Waals surface area contributed by atoms with Gasteiger partial charge in [0.1, 0.15) is 0 Å². The minimum Gasteiger partial charge on any atom is -0.419 e. The molecule has 3 aromatic carbocycles. The first kappa shape index (κ1) is 26.1. The minimum atomic E-state index is -0.484. The summed E-state index contributed by atoms with van der Waals surface area (Å²) in [5, 5.41) is 1.89. The highest BCUT2D eigenvalue weighted by Gasteiger charge is 2.15. The van der Waals surface area contributed by atoms with Gasteiger partial charge in [0.2, 0.25) is 0 Å². The minimum absolute atomic E-state index is 0.0798. The Hall–Kier alpha value is -2.94. The quantitative estimate of drug-likeness (QED) is 0.107. The van der Waals surface area contributed by atoms with Crippen molar-refractivity contribution in [1.82, 2.24) is 0 Å². The summed E-state index contributed by atoms with van der Waals surface area (Å²) in [5.74, 6) is -0.390. The topological polar surface area (TPSA) is 30.2 Å². The number of halogens is 1. The molecule has 0 aliphatic rings. The van der Waals surface area contributed by atoms with Gasteiger partial charge in [-0.1, -0.05) is 114 Å². The maximum atomic E-state index is 15.3. The molecule has 36 heavy (non-hydrogen) atoms. The SMILES string of the molecule is CCCCCCCCc1ccc2c(oc(=O)c3cc(-c4ccc(CCCCCC)cc4)ccc32)c1F. The van der Waals surface area contributed by atoms with E-state index in [0.717, 1.165) is 35.8 Å². The molecule has 0 aliphatic heterocycles. The summed E-state index contributed by atoms with van der Waals surface area (Å²) < 4.78 is 20.8. The van der Waals surface area contributed by atoms with Gasteiger partial charge in [0.15, 0.2) is 11.4 Å². The highest BCUT2D eigenvalue weighted by molar-refractivity contribution is 6.05. The van der Waals surface area contributed by atoms with Gasteiger partial charge in [0.25, 0.3) is 0 Å². The maximum absolute atomic E-state index is 15.3. The van der Waals surface area contributed by atoms with E-state index >= 15 is 4.39 Å². The van der Waals surface area contributed by atoms with Gasteiger partial charge in [0.05, 0.1) is 5.39 Å². The Kier molecular flexibility index (Phi) is 9.33. The van der Waals surface area contributed by atoms with Gasteiger partial charge < -0.3 is 4.42 Å². The number of rotatable bonds is 13. The summed E-state index contributed by atoms with van der Waals surface area (Å²) in [6.07, 6.45) is 13.7. The van der Waals surface area contributed by atoms with Crippen LogP contribution in [0.2, 0.25) is 0 Å². The third-order valence-corrected chi connectivity index (χ3v) is 7.31. The second-order valence-corrected chi connectivity index (χ2v) is 10.1. The summed E-state index contributed by atoms with van der Waals surface area (Å²) in [6, 6.07) is 18.2. The van der Waals surface area contributed by atoms with E-state index in [0.29, 0.717) is 22.8 Å². The van der Waals surface area contributed by atoms with Crippen molar-refractivity contribution < 1.29 is 8.81 Å². The number of benzene rings is 3. The van der Waals surface area contributed by atoms with Crippen LogP contribution < -0.4 is 5.63 Å². The summed E-state index contributed by atoms with van der Waals surface area (Å²) >= 11 is 0. The number of aryl methyl sites for hydroxylation is 2. The van der Waals surface area contributed by atoms with Crippen LogP contribution in [0.3, 0.4) is 0 Å². The molecule has 1 heterocycles. The molecule has 2 nitrogen and oxygen atoms in total. The van der Waals surface area contributed by atoms with E-state index in [4.69, 9.17) is 4.42 Å². The molecule has 0 spiro atoms. The zero-order chi connectivity index (χ0) is 25.3. The predicted octanol–water partition coefficient (Wildman–Crippen LogP) is 9.78. The average Bonchev–Trinajstić information content (AvgIpc) is 2.90. The van der Waals surface area contributed by atoms with Crippen molar-refractivity contribution >= 4 is 21.7 Å². The zero-order valence-electron chi connectivity index (χ0n) is 21.9. The lowest BCUT2D eigenvalue weighted by Gasteiger charge is -2.10. The van der Waals surface area contributed by atoms with Gasteiger partial charge in [-0.05, 0) is 54.0 Å². The molecule has 0 amide bonds. The highest BCUT2D eigenvalue weighted by atomic mass is 19.1. The average molecular weight is 487 g/mol. The monoisotopic (exact) mass is 486 g/mol. The van der Waals surface area contributed by atoms with E-state index < -0.39 is 11.4 Å². The first-order chi connectivity index (χ1) is 17.6. The van der Waals surface area contributed by atoms with Gasteiger partial charge in [0, 0.05) is 10.8 Å². The third-order valence-electron chi connectivity index (χ3n) is 7.31. The Morgan fingerprint density at radius 3 is 2.00 bits per heavy atom. The van der Waals surface area contributed by atoms with Gasteiger partial charge in [-0.25, -0.2) is 9.18 Å². The number of hydrogen-bond acceptors (Lipinski definition) is 2. The first-order valence-electron chi connectivity index (χ1n) is 13.9. The Bertz CT molecular complexity index is 1330.